The minimum Gasteiger partial charge on any atom is -0.481 e. The number of aliphatic hydroxyl groups is 1. The lowest BCUT2D eigenvalue weighted by Gasteiger charge is -2.27. The molecular formula is C31H60N10O9. The first-order chi connectivity index (χ1) is 23.2. The van der Waals surface area contributed by atoms with Gasteiger partial charge in [-0.05, 0) is 43.4 Å². The van der Waals surface area contributed by atoms with Crippen LogP contribution in [0.15, 0.2) is 4.99 Å². The molecule has 0 aliphatic rings. The highest BCUT2D eigenvalue weighted by molar-refractivity contribution is 5.95. The number of nitrogens with zero attached hydrogens (tertiary/aromatic N) is 1. The molecule has 0 heterocycles. The number of carboxylic acid groups (broad SMARTS) is 1. The van der Waals surface area contributed by atoms with E-state index in [1.165, 1.54) is 0 Å². The van der Waals surface area contributed by atoms with Crippen LogP contribution in [0.2, 0.25) is 0 Å². The maximum Gasteiger partial charge on any atom is 0.300 e. The number of guanidine groups is 1. The lowest BCUT2D eigenvalue weighted by Crippen LogP contribution is -2.58. The first-order valence-corrected chi connectivity index (χ1v) is 16.5. The van der Waals surface area contributed by atoms with Gasteiger partial charge in [0.25, 0.3) is 5.97 Å². The van der Waals surface area contributed by atoms with Gasteiger partial charge in [0.1, 0.15) is 30.2 Å². The Morgan fingerprint density at radius 3 is 1.70 bits per heavy atom. The number of nitrogens with one attached hydrogen (secondary N) is 5. The molecule has 6 atom stereocenters. The number of aliphatic imine (C=N–C) groups is 1. The van der Waals surface area contributed by atoms with Gasteiger partial charge >= 0.3 is 0 Å². The molecule has 0 aromatic rings. The van der Waals surface area contributed by atoms with Gasteiger partial charge in [-0.2, -0.15) is 0 Å². The van der Waals surface area contributed by atoms with E-state index in [2.05, 4.69) is 31.6 Å². The second-order valence-electron chi connectivity index (χ2n) is 12.8. The first-order valence-electron chi connectivity index (χ1n) is 16.5. The van der Waals surface area contributed by atoms with Crippen molar-refractivity contribution < 1.29 is 43.8 Å². The number of hydrogen-bond acceptors (Lipinski definition) is 10. The smallest absolute Gasteiger partial charge is 0.300 e. The van der Waals surface area contributed by atoms with Gasteiger partial charge in [0.05, 0.1) is 13.2 Å². The molecule has 0 fully saturated rings. The monoisotopic (exact) mass is 716 g/mol. The van der Waals surface area contributed by atoms with E-state index in [0.717, 1.165) is 6.92 Å². The van der Waals surface area contributed by atoms with E-state index >= 15 is 0 Å². The van der Waals surface area contributed by atoms with Crippen molar-refractivity contribution in [3.05, 3.63) is 0 Å². The number of carbonyl (C=O) groups excluding carboxylic acids is 6. The average molecular weight is 717 g/mol. The largest absolute Gasteiger partial charge is 0.481 e. The molecule has 0 unspecified atom stereocenters. The highest BCUT2D eigenvalue weighted by Gasteiger charge is 2.32. The highest BCUT2D eigenvalue weighted by atomic mass is 16.4. The summed E-state index contributed by atoms with van der Waals surface area (Å²) in [7, 11) is 0. The number of hydrogen-bond donors (Lipinski definition) is 11. The molecule has 0 aromatic carbocycles. The molecule has 15 N–H and O–H groups in total. The van der Waals surface area contributed by atoms with Crippen LogP contribution in [0.4, 0.5) is 0 Å². The molecule has 0 radical (unpaired) electrons. The van der Waals surface area contributed by atoms with Crippen LogP contribution in [-0.2, 0) is 33.6 Å². The van der Waals surface area contributed by atoms with Crippen LogP contribution in [0, 0.1) is 17.8 Å². The molecule has 19 heteroatoms. The number of carbonyl (C=O) groups is 7. The van der Waals surface area contributed by atoms with Crippen molar-refractivity contribution in [1.82, 2.24) is 26.6 Å². The summed E-state index contributed by atoms with van der Waals surface area (Å²) in [5.41, 5.74) is 21.7. The molecule has 0 aromatic heterocycles. The van der Waals surface area contributed by atoms with Crippen molar-refractivity contribution >= 4 is 47.4 Å². The highest BCUT2D eigenvalue weighted by Crippen LogP contribution is 2.11. The second kappa shape index (κ2) is 25.5. The fraction of sp³-hybridized carbons (Fsp3) is 0.742. The van der Waals surface area contributed by atoms with Gasteiger partial charge in [-0.3, -0.25) is 38.6 Å². The molecule has 50 heavy (non-hydrogen) atoms. The molecule has 19 nitrogen and oxygen atoms in total. The molecule has 288 valence electrons. The molecule has 0 aliphatic carbocycles. The predicted molar refractivity (Wildman–Crippen MR) is 187 cm³/mol. The first kappa shape index (κ1) is 47.6. The zero-order chi connectivity index (χ0) is 39.1. The zero-order valence-electron chi connectivity index (χ0n) is 30.3. The van der Waals surface area contributed by atoms with Crippen LogP contribution in [0.1, 0.15) is 80.6 Å². The predicted octanol–water partition coefficient (Wildman–Crippen LogP) is -2.87. The molecule has 0 aliphatic heterocycles. The Balaban J connectivity index is 0. The summed E-state index contributed by atoms with van der Waals surface area (Å²) >= 11 is 0. The summed E-state index contributed by atoms with van der Waals surface area (Å²) < 4.78 is 0. The molecule has 0 rings (SSSR count). The Hall–Kier alpha value is -4.52. The lowest BCUT2D eigenvalue weighted by atomic mass is 9.96. The van der Waals surface area contributed by atoms with Gasteiger partial charge in [-0.1, -0.05) is 48.0 Å². The summed E-state index contributed by atoms with van der Waals surface area (Å²) in [5, 5.41) is 29.4. The minimum absolute atomic E-state index is 0.00536. The Labute approximate surface area is 293 Å². The van der Waals surface area contributed by atoms with Crippen LogP contribution < -0.4 is 49.5 Å². The number of primary amides is 1. The Morgan fingerprint density at radius 2 is 1.24 bits per heavy atom. The average Bonchev–Trinajstić information content (AvgIpc) is 3.01. The lowest BCUT2D eigenvalue weighted by molar-refractivity contribution is -0.134. The number of aliphatic carboxylic acids is 1. The molecule has 0 saturated heterocycles. The Kier molecular flexibility index (Phi) is 24.2. The third kappa shape index (κ3) is 22.2. The Bertz CT molecular complexity index is 1140. The Morgan fingerprint density at radius 1 is 0.740 bits per heavy atom. The van der Waals surface area contributed by atoms with Gasteiger partial charge in [0, 0.05) is 13.5 Å². The number of aliphatic hydroxyl groups excluding tert-OH is 1. The van der Waals surface area contributed by atoms with Crippen molar-refractivity contribution in [2.24, 2.45) is 45.7 Å². The number of amides is 6. The molecule has 0 spiro atoms. The van der Waals surface area contributed by atoms with E-state index in [9.17, 15) is 33.9 Å². The van der Waals surface area contributed by atoms with Gasteiger partial charge in [-0.25, -0.2) is 0 Å². The molecule has 0 saturated carbocycles. The van der Waals surface area contributed by atoms with Crippen molar-refractivity contribution in [3.63, 3.8) is 0 Å². The van der Waals surface area contributed by atoms with E-state index in [0.29, 0.717) is 19.3 Å². The second-order valence-corrected chi connectivity index (χ2v) is 12.8. The fourth-order valence-electron chi connectivity index (χ4n) is 4.31. The normalized spacial score (nSPS) is 14.3. The van der Waals surface area contributed by atoms with Crippen LogP contribution >= 0.6 is 0 Å². The number of carboxylic acids is 1. The van der Waals surface area contributed by atoms with Gasteiger partial charge in [0.2, 0.25) is 35.4 Å². The summed E-state index contributed by atoms with van der Waals surface area (Å²) in [6.07, 6.45) is 1.46. The summed E-state index contributed by atoms with van der Waals surface area (Å²) in [6.45, 7) is 11.1. The van der Waals surface area contributed by atoms with Gasteiger partial charge in [-0.15, -0.1) is 0 Å². The molecular weight excluding hydrogens is 656 g/mol. The van der Waals surface area contributed by atoms with Crippen LogP contribution in [-0.4, -0.2) is 107 Å². The van der Waals surface area contributed by atoms with Crippen molar-refractivity contribution in [2.45, 2.75) is 111 Å². The summed E-state index contributed by atoms with van der Waals surface area (Å²) in [4.78, 5) is 89.4. The third-order valence-corrected chi connectivity index (χ3v) is 7.05. The van der Waals surface area contributed by atoms with E-state index in [-0.39, 0.29) is 43.1 Å². The molecule has 6 amide bonds. The van der Waals surface area contributed by atoms with Crippen LogP contribution in [0.3, 0.4) is 0 Å². The maximum absolute atomic E-state index is 13.2. The quantitative estimate of drug-likeness (QED) is 0.0306. The molecule has 0 bridgehead atoms. The van der Waals surface area contributed by atoms with Gasteiger partial charge < -0.3 is 59.7 Å². The van der Waals surface area contributed by atoms with Crippen molar-refractivity contribution in [2.75, 3.05) is 19.7 Å². The fourth-order valence-corrected chi connectivity index (χ4v) is 4.31. The standard InChI is InChI=1S/C29H56N10O7.C2H4O2/c1-7-17(6)23(39-27(45)21(12-16(4)5)38-25(43)18(30)14-40)28(46)35-13-22(41)36-19(9-8-10-34-29(32)33)26(44)37-20(24(31)42)11-15(2)3;1-2(3)4/h15-21,23,40H,7-14,30H2,1-6H3,(H2,31,42)(H,35,46)(H,36,41)(H,37,44)(H,38,43)(H,39,45)(H4,32,33,34);1H3,(H,3,4)/t17-,18-,19-,20-,21-,23-;/m0./s1. The third-order valence-electron chi connectivity index (χ3n) is 7.05. The van der Waals surface area contributed by atoms with Gasteiger partial charge in [0.15, 0.2) is 5.96 Å². The number of rotatable bonds is 22. The summed E-state index contributed by atoms with van der Waals surface area (Å²) in [5.74, 6) is -5.33. The van der Waals surface area contributed by atoms with E-state index in [4.69, 9.17) is 32.8 Å². The van der Waals surface area contributed by atoms with Crippen molar-refractivity contribution in [1.29, 1.82) is 0 Å². The van der Waals surface area contributed by atoms with E-state index in [1.807, 2.05) is 34.6 Å². The van der Waals surface area contributed by atoms with E-state index in [1.54, 1.807) is 6.92 Å². The van der Waals surface area contributed by atoms with Crippen molar-refractivity contribution in [3.8, 4) is 0 Å². The van der Waals surface area contributed by atoms with Crippen LogP contribution in [0.25, 0.3) is 0 Å². The SMILES string of the molecule is CC(=O)O.CC[C@H](C)[C@H](NC(=O)[C@H](CC(C)C)NC(=O)[C@@H](N)CO)C(=O)NCC(=O)N[C@@H](CCCN=C(N)N)C(=O)N[C@@H](CC(C)C)C(N)=O. The van der Waals surface area contributed by atoms with Crippen LogP contribution in [0.5, 0.6) is 0 Å². The minimum atomic E-state index is -1.22. The zero-order valence-corrected chi connectivity index (χ0v) is 30.3. The summed E-state index contributed by atoms with van der Waals surface area (Å²) in [6, 6.07) is -5.35. The number of nitrogens with two attached hydrogens (primary N) is 4. The topological polar surface area (TPSA) is 337 Å². The van der Waals surface area contributed by atoms with E-state index < -0.39 is 84.8 Å². The maximum atomic E-state index is 13.2.